The van der Waals surface area contributed by atoms with E-state index < -0.39 is 5.82 Å². The van der Waals surface area contributed by atoms with Crippen LogP contribution < -0.4 is 10.2 Å². The molecule has 22 heavy (non-hydrogen) atoms. The van der Waals surface area contributed by atoms with Gasteiger partial charge in [-0.05, 0) is 24.5 Å². The number of thioether (sulfide) groups is 1. The Morgan fingerprint density at radius 3 is 3.00 bits per heavy atom. The first-order valence-corrected chi connectivity index (χ1v) is 9.30. The first-order valence-electron chi connectivity index (χ1n) is 6.30. The minimum atomic E-state index is -0.409. The number of rotatable bonds is 5. The van der Waals surface area contributed by atoms with Gasteiger partial charge in [0.15, 0.2) is 10.3 Å². The van der Waals surface area contributed by atoms with Gasteiger partial charge in [-0.15, -0.1) is 0 Å². The smallest absolute Gasteiger partial charge is 0.173 e. The van der Waals surface area contributed by atoms with E-state index in [-0.39, 0.29) is 0 Å². The van der Waals surface area contributed by atoms with Gasteiger partial charge in [0.2, 0.25) is 0 Å². The van der Waals surface area contributed by atoms with Crippen molar-refractivity contribution in [1.82, 2.24) is 15.3 Å². The van der Waals surface area contributed by atoms with Crippen LogP contribution in [0.2, 0.25) is 5.15 Å². The molecule has 0 aromatic carbocycles. The molecule has 0 atom stereocenters. The summed E-state index contributed by atoms with van der Waals surface area (Å²) in [5, 5.41) is 5.37. The maximum Gasteiger partial charge on any atom is 0.173 e. The summed E-state index contributed by atoms with van der Waals surface area (Å²) in [6, 6.07) is 1.38. The average Bonchev–Trinajstić information content (AvgIpc) is 2.88. The Hall–Kier alpha value is -0.960. The average molecular weight is 377 g/mol. The van der Waals surface area contributed by atoms with E-state index >= 15 is 0 Å². The molecular formula is C13H14ClFN4S3. The van der Waals surface area contributed by atoms with Crippen LogP contribution in [0.3, 0.4) is 0 Å². The van der Waals surface area contributed by atoms with Crippen LogP contribution in [0.5, 0.6) is 0 Å². The molecule has 118 valence electrons. The highest BCUT2D eigenvalue weighted by Gasteiger charge is 2.17. The number of hydrogen-bond acceptors (Lipinski definition) is 5. The van der Waals surface area contributed by atoms with Gasteiger partial charge in [0.25, 0.3) is 0 Å². The lowest BCUT2D eigenvalue weighted by Crippen LogP contribution is -2.37. The molecule has 2 aromatic heterocycles. The Morgan fingerprint density at radius 1 is 1.55 bits per heavy atom. The Bertz CT molecular complexity index is 664. The number of anilines is 1. The second kappa shape index (κ2) is 8.05. The van der Waals surface area contributed by atoms with Crippen LogP contribution in [0.1, 0.15) is 0 Å². The first kappa shape index (κ1) is 17.4. The molecule has 0 unspecified atom stereocenters. The van der Waals surface area contributed by atoms with Crippen molar-refractivity contribution in [2.24, 2.45) is 0 Å². The van der Waals surface area contributed by atoms with Crippen LogP contribution in [0.25, 0.3) is 10.6 Å². The van der Waals surface area contributed by atoms with E-state index in [0.29, 0.717) is 25.8 Å². The van der Waals surface area contributed by atoms with E-state index in [4.69, 9.17) is 23.8 Å². The van der Waals surface area contributed by atoms with Gasteiger partial charge >= 0.3 is 0 Å². The fourth-order valence-corrected chi connectivity index (χ4v) is 3.47. The van der Waals surface area contributed by atoms with Gasteiger partial charge in [-0.25, -0.2) is 9.37 Å². The van der Waals surface area contributed by atoms with Crippen molar-refractivity contribution in [2.45, 2.75) is 0 Å². The molecule has 0 aliphatic heterocycles. The zero-order valence-electron chi connectivity index (χ0n) is 12.0. The second-order valence-corrected chi connectivity index (χ2v) is 7.00. The lowest BCUT2D eigenvalue weighted by Gasteiger charge is -2.19. The third-order valence-electron chi connectivity index (χ3n) is 2.71. The molecule has 0 saturated carbocycles. The summed E-state index contributed by atoms with van der Waals surface area (Å²) in [6.45, 7) is 0.779. The maximum atomic E-state index is 13.3. The van der Waals surface area contributed by atoms with Crippen molar-refractivity contribution >= 4 is 57.0 Å². The Kier molecular flexibility index (Phi) is 6.37. The molecule has 9 heteroatoms. The molecule has 0 bridgehead atoms. The van der Waals surface area contributed by atoms with Crippen LogP contribution in [-0.2, 0) is 0 Å². The summed E-state index contributed by atoms with van der Waals surface area (Å²) in [5.41, 5.74) is 0.591. The predicted molar refractivity (Wildman–Crippen MR) is 97.7 cm³/mol. The molecular weight excluding hydrogens is 363 g/mol. The maximum absolute atomic E-state index is 13.3. The summed E-state index contributed by atoms with van der Waals surface area (Å²) in [4.78, 5) is 9.86. The largest absolute Gasteiger partial charge is 0.361 e. The SMILES string of the molecule is CSCCNC(=S)N(C)c1sc(-c2cncc(F)c2)nc1Cl. The molecule has 2 aromatic rings. The highest BCUT2D eigenvalue weighted by Crippen LogP contribution is 2.37. The molecule has 0 saturated heterocycles. The van der Waals surface area contributed by atoms with Gasteiger partial charge in [-0.3, -0.25) is 4.98 Å². The van der Waals surface area contributed by atoms with E-state index in [1.165, 1.54) is 17.4 Å². The lowest BCUT2D eigenvalue weighted by molar-refractivity contribution is 0.622. The first-order chi connectivity index (χ1) is 10.5. The monoisotopic (exact) mass is 376 g/mol. The van der Waals surface area contributed by atoms with Gasteiger partial charge in [-0.1, -0.05) is 22.9 Å². The number of thiazole rings is 1. The van der Waals surface area contributed by atoms with Crippen LogP contribution in [0.4, 0.5) is 9.39 Å². The molecule has 2 rings (SSSR count). The zero-order valence-corrected chi connectivity index (χ0v) is 15.2. The number of hydrogen-bond donors (Lipinski definition) is 1. The summed E-state index contributed by atoms with van der Waals surface area (Å²) < 4.78 is 13.3. The van der Waals surface area contributed by atoms with Crippen molar-refractivity contribution in [2.75, 3.05) is 30.5 Å². The number of nitrogens with zero attached hydrogens (tertiary/aromatic N) is 3. The fraction of sp³-hybridized carbons (Fsp3) is 0.308. The third kappa shape index (κ3) is 4.28. The minimum absolute atomic E-state index is 0.334. The molecule has 4 nitrogen and oxygen atoms in total. The van der Waals surface area contributed by atoms with Gasteiger partial charge in [-0.2, -0.15) is 11.8 Å². The molecule has 2 heterocycles. The molecule has 1 N–H and O–H groups in total. The number of nitrogens with one attached hydrogen (secondary N) is 1. The molecule has 0 aliphatic rings. The molecule has 0 fully saturated rings. The number of pyridine rings is 1. The lowest BCUT2D eigenvalue weighted by atomic mass is 10.3. The summed E-state index contributed by atoms with van der Waals surface area (Å²) >= 11 is 14.6. The minimum Gasteiger partial charge on any atom is -0.361 e. The van der Waals surface area contributed by atoms with E-state index in [1.54, 1.807) is 22.9 Å². The Morgan fingerprint density at radius 2 is 2.32 bits per heavy atom. The third-order valence-corrected chi connectivity index (χ3v) is 5.30. The second-order valence-electron chi connectivity index (χ2n) is 4.29. The van der Waals surface area contributed by atoms with Crippen LogP contribution >= 0.6 is 46.9 Å². The van der Waals surface area contributed by atoms with E-state index in [0.717, 1.165) is 18.5 Å². The van der Waals surface area contributed by atoms with E-state index in [2.05, 4.69) is 15.3 Å². The van der Waals surface area contributed by atoms with Crippen LogP contribution in [-0.4, -0.2) is 40.7 Å². The standard InChI is InChI=1S/C13H14ClFN4S3/c1-19(13(20)17-3-4-21-2)12-10(14)18-11(22-12)8-5-9(15)7-16-6-8/h5-7H,3-4H2,1-2H3,(H,17,20). The fourth-order valence-electron chi connectivity index (χ4n) is 1.62. The van der Waals surface area contributed by atoms with E-state index in [1.807, 2.05) is 13.3 Å². The number of halogens is 2. The predicted octanol–water partition coefficient (Wildman–Crippen LogP) is 3.67. The van der Waals surface area contributed by atoms with Gasteiger partial charge in [0.1, 0.15) is 15.8 Å². The van der Waals surface area contributed by atoms with E-state index in [9.17, 15) is 4.39 Å². The van der Waals surface area contributed by atoms with Crippen molar-refractivity contribution in [3.63, 3.8) is 0 Å². The Balaban J connectivity index is 2.17. The van der Waals surface area contributed by atoms with Crippen LogP contribution in [0.15, 0.2) is 18.5 Å². The topological polar surface area (TPSA) is 41.0 Å². The summed E-state index contributed by atoms with van der Waals surface area (Å²) in [5.74, 6) is 0.554. The molecule has 0 spiro atoms. The quantitative estimate of drug-likeness (QED) is 0.634. The van der Waals surface area contributed by atoms with Crippen molar-refractivity contribution in [3.05, 3.63) is 29.4 Å². The number of thiocarbonyl (C=S) groups is 1. The summed E-state index contributed by atoms with van der Waals surface area (Å²) in [7, 11) is 1.82. The highest BCUT2D eigenvalue weighted by molar-refractivity contribution is 7.98. The van der Waals surface area contributed by atoms with Gasteiger partial charge in [0.05, 0.1) is 6.20 Å². The van der Waals surface area contributed by atoms with Gasteiger partial charge < -0.3 is 10.2 Å². The van der Waals surface area contributed by atoms with Crippen molar-refractivity contribution < 1.29 is 4.39 Å². The molecule has 0 radical (unpaired) electrons. The molecule has 0 amide bonds. The van der Waals surface area contributed by atoms with Gasteiger partial charge in [0, 0.05) is 31.1 Å². The van der Waals surface area contributed by atoms with Crippen molar-refractivity contribution in [1.29, 1.82) is 0 Å². The summed E-state index contributed by atoms with van der Waals surface area (Å²) in [6.07, 6.45) is 4.74. The molecule has 0 aliphatic carbocycles. The normalized spacial score (nSPS) is 10.5. The Labute approximate surface area is 147 Å². The van der Waals surface area contributed by atoms with Crippen molar-refractivity contribution in [3.8, 4) is 10.6 Å². The zero-order chi connectivity index (χ0) is 16.1. The number of aromatic nitrogens is 2. The highest BCUT2D eigenvalue weighted by atomic mass is 35.5. The van der Waals surface area contributed by atoms with Crippen LogP contribution in [0, 0.1) is 5.82 Å².